The van der Waals surface area contributed by atoms with Gasteiger partial charge in [0.15, 0.2) is 5.69 Å². The molecule has 1 fully saturated rings. The Morgan fingerprint density at radius 1 is 1.37 bits per heavy atom. The number of aliphatic hydroxyl groups is 1. The van der Waals surface area contributed by atoms with Crippen LogP contribution in [0.2, 0.25) is 10.0 Å². The second kappa shape index (κ2) is 9.61. The second-order valence-electron chi connectivity index (χ2n) is 7.07. The highest BCUT2D eigenvalue weighted by Crippen LogP contribution is 2.30. The van der Waals surface area contributed by atoms with Crippen LogP contribution in [0.4, 0.5) is 5.69 Å². The van der Waals surface area contributed by atoms with Gasteiger partial charge in [0.05, 0.1) is 22.8 Å². The minimum Gasteiger partial charge on any atom is -0.495 e. The lowest BCUT2D eigenvalue weighted by Gasteiger charge is -2.41. The van der Waals surface area contributed by atoms with Gasteiger partial charge in [0.1, 0.15) is 18.9 Å². The van der Waals surface area contributed by atoms with Crippen LogP contribution in [-0.4, -0.2) is 65.1 Å². The van der Waals surface area contributed by atoms with Crippen LogP contribution in [0, 0.1) is 18.8 Å². The smallest absolute Gasteiger partial charge is 0.244 e. The highest BCUT2D eigenvalue weighted by atomic mass is 35.5. The van der Waals surface area contributed by atoms with Crippen molar-refractivity contribution in [3.05, 3.63) is 39.6 Å². The maximum absolute atomic E-state index is 12.9. The van der Waals surface area contributed by atoms with Crippen LogP contribution in [0.25, 0.3) is 0 Å². The number of benzene rings is 1. The van der Waals surface area contributed by atoms with Crippen LogP contribution < -0.4 is 9.64 Å². The zero-order valence-corrected chi connectivity index (χ0v) is 18.7. The molecule has 7 nitrogen and oxygen atoms in total. The van der Waals surface area contributed by atoms with E-state index in [4.69, 9.17) is 33.0 Å². The van der Waals surface area contributed by atoms with Gasteiger partial charge >= 0.3 is 0 Å². The van der Waals surface area contributed by atoms with Gasteiger partial charge in [-0.2, -0.15) is 5.10 Å². The Bertz CT molecular complexity index is 996. The van der Waals surface area contributed by atoms with Crippen LogP contribution in [0.15, 0.2) is 18.2 Å². The van der Waals surface area contributed by atoms with E-state index in [1.165, 1.54) is 0 Å². The van der Waals surface area contributed by atoms with Crippen molar-refractivity contribution in [1.82, 2.24) is 14.7 Å². The number of aliphatic hydroxyl groups excluding tert-OH is 1. The summed E-state index contributed by atoms with van der Waals surface area (Å²) >= 11 is 12.4. The number of carbonyl (C=O) groups excluding carboxylic acids is 1. The molecule has 1 N–H and O–H groups in total. The standard InChI is InChI=1S/C21H24Cl2N4O3/c1-14-12-25(16-6-7-17(22)19(11-16)30-3)8-9-26(14)20(29)13-27-15(2)21(23)18(24-27)5-4-10-28/h6-7,11,14,28H,8-10,12-13H2,1-3H3. The predicted octanol–water partition coefficient (Wildman–Crippen LogP) is 2.59. The Morgan fingerprint density at radius 2 is 2.13 bits per heavy atom. The molecule has 160 valence electrons. The molecule has 30 heavy (non-hydrogen) atoms. The molecule has 1 aliphatic rings. The molecule has 0 saturated carbocycles. The molecule has 1 unspecified atom stereocenters. The number of ether oxygens (including phenoxy) is 1. The predicted molar refractivity (Wildman–Crippen MR) is 117 cm³/mol. The number of piperazine rings is 1. The van der Waals surface area contributed by atoms with Gasteiger partial charge in [0.25, 0.3) is 0 Å². The van der Waals surface area contributed by atoms with E-state index in [0.29, 0.717) is 46.8 Å². The summed E-state index contributed by atoms with van der Waals surface area (Å²) in [6.45, 7) is 5.62. The summed E-state index contributed by atoms with van der Waals surface area (Å²) < 4.78 is 6.87. The minimum absolute atomic E-state index is 0.0212. The number of halogens is 2. The third kappa shape index (κ3) is 4.67. The quantitative estimate of drug-likeness (QED) is 0.724. The van der Waals surface area contributed by atoms with Crippen LogP contribution in [0.1, 0.15) is 18.3 Å². The fourth-order valence-corrected chi connectivity index (χ4v) is 3.89. The summed E-state index contributed by atoms with van der Waals surface area (Å²) in [7, 11) is 1.59. The highest BCUT2D eigenvalue weighted by Gasteiger charge is 2.28. The number of nitrogens with zero attached hydrogens (tertiary/aromatic N) is 4. The molecule has 0 aliphatic carbocycles. The SMILES string of the molecule is COc1cc(N2CCN(C(=O)Cn3nc(C#CCO)c(Cl)c3C)C(C)C2)ccc1Cl. The first-order valence-corrected chi connectivity index (χ1v) is 10.3. The number of rotatable bonds is 4. The first-order valence-electron chi connectivity index (χ1n) is 9.56. The van der Waals surface area contributed by atoms with Gasteiger partial charge in [-0.3, -0.25) is 9.48 Å². The Labute approximate surface area is 186 Å². The van der Waals surface area contributed by atoms with Gasteiger partial charge < -0.3 is 19.6 Å². The maximum Gasteiger partial charge on any atom is 0.244 e. The average Bonchev–Trinajstić information content (AvgIpc) is 3.00. The number of amides is 1. The lowest BCUT2D eigenvalue weighted by molar-refractivity contribution is -0.134. The number of aromatic nitrogens is 2. The molecule has 1 atom stereocenters. The molecule has 1 aromatic carbocycles. The Morgan fingerprint density at radius 3 is 2.80 bits per heavy atom. The Kier molecular flexibility index (Phi) is 7.14. The molecule has 0 spiro atoms. The summed E-state index contributed by atoms with van der Waals surface area (Å²) in [5, 5.41) is 14.1. The summed E-state index contributed by atoms with van der Waals surface area (Å²) in [5.74, 6) is 5.84. The summed E-state index contributed by atoms with van der Waals surface area (Å²) in [5.41, 5.74) is 2.05. The lowest BCUT2D eigenvalue weighted by atomic mass is 10.1. The van der Waals surface area contributed by atoms with Gasteiger partial charge in [0, 0.05) is 37.4 Å². The Balaban J connectivity index is 1.68. The van der Waals surface area contributed by atoms with Crippen molar-refractivity contribution in [1.29, 1.82) is 0 Å². The van der Waals surface area contributed by atoms with E-state index in [9.17, 15) is 4.79 Å². The molecule has 0 bridgehead atoms. The molecule has 1 aromatic heterocycles. The molecular weight excluding hydrogens is 427 g/mol. The van der Waals surface area contributed by atoms with Crippen molar-refractivity contribution in [3.8, 4) is 17.6 Å². The van der Waals surface area contributed by atoms with E-state index in [-0.39, 0.29) is 25.1 Å². The van der Waals surface area contributed by atoms with Crippen molar-refractivity contribution in [3.63, 3.8) is 0 Å². The summed E-state index contributed by atoms with van der Waals surface area (Å²) in [6, 6.07) is 5.71. The van der Waals surface area contributed by atoms with Gasteiger partial charge in [0.2, 0.25) is 5.91 Å². The Hall–Kier alpha value is -2.40. The van der Waals surface area contributed by atoms with Crippen LogP contribution in [0.3, 0.4) is 0 Å². The molecule has 9 heteroatoms. The number of anilines is 1. The zero-order valence-electron chi connectivity index (χ0n) is 17.2. The topological polar surface area (TPSA) is 70.8 Å². The first-order chi connectivity index (χ1) is 14.3. The normalized spacial score (nSPS) is 16.3. The highest BCUT2D eigenvalue weighted by molar-refractivity contribution is 6.32. The fourth-order valence-electron chi connectivity index (χ4n) is 3.51. The van der Waals surface area contributed by atoms with E-state index in [1.807, 2.05) is 30.0 Å². The largest absolute Gasteiger partial charge is 0.495 e. The third-order valence-corrected chi connectivity index (χ3v) is 5.92. The van der Waals surface area contributed by atoms with Gasteiger partial charge in [-0.25, -0.2) is 0 Å². The van der Waals surface area contributed by atoms with E-state index in [2.05, 4.69) is 21.8 Å². The molecule has 1 aliphatic heterocycles. The van der Waals surface area contributed by atoms with Gasteiger partial charge in [-0.15, -0.1) is 0 Å². The van der Waals surface area contributed by atoms with Crippen molar-refractivity contribution < 1.29 is 14.6 Å². The van der Waals surface area contributed by atoms with Crippen LogP contribution in [-0.2, 0) is 11.3 Å². The maximum atomic E-state index is 12.9. The third-order valence-electron chi connectivity index (χ3n) is 5.15. The molecular formula is C21H24Cl2N4O3. The van der Waals surface area contributed by atoms with Gasteiger partial charge in [-0.05, 0) is 31.9 Å². The minimum atomic E-state index is -0.275. The van der Waals surface area contributed by atoms with Gasteiger partial charge in [-0.1, -0.05) is 29.1 Å². The summed E-state index contributed by atoms with van der Waals surface area (Å²) in [6.07, 6.45) is 0. The van der Waals surface area contributed by atoms with Crippen molar-refractivity contribution in [2.45, 2.75) is 26.4 Å². The molecule has 3 rings (SSSR count). The number of carbonyl (C=O) groups is 1. The molecule has 1 saturated heterocycles. The molecule has 1 amide bonds. The van der Waals surface area contributed by atoms with Crippen LogP contribution in [0.5, 0.6) is 5.75 Å². The van der Waals surface area contributed by atoms with E-state index >= 15 is 0 Å². The summed E-state index contributed by atoms with van der Waals surface area (Å²) in [4.78, 5) is 17.0. The van der Waals surface area contributed by atoms with E-state index in [1.54, 1.807) is 18.7 Å². The van der Waals surface area contributed by atoms with E-state index in [0.717, 1.165) is 5.69 Å². The molecule has 2 aromatic rings. The fraction of sp³-hybridized carbons (Fsp3) is 0.429. The first kappa shape index (κ1) is 22.3. The average molecular weight is 451 g/mol. The van der Waals surface area contributed by atoms with E-state index < -0.39 is 0 Å². The number of hydrogen-bond donors (Lipinski definition) is 1. The molecule has 2 heterocycles. The number of hydrogen-bond acceptors (Lipinski definition) is 5. The second-order valence-corrected chi connectivity index (χ2v) is 7.85. The van der Waals surface area contributed by atoms with Crippen molar-refractivity contribution in [2.75, 3.05) is 38.3 Å². The van der Waals surface area contributed by atoms with Crippen molar-refractivity contribution >= 4 is 34.8 Å². The monoisotopic (exact) mass is 450 g/mol. The van der Waals surface area contributed by atoms with Crippen molar-refractivity contribution in [2.24, 2.45) is 0 Å². The zero-order chi connectivity index (χ0) is 21.8. The molecule has 0 radical (unpaired) electrons. The number of methoxy groups -OCH3 is 1. The lowest BCUT2D eigenvalue weighted by Crippen LogP contribution is -2.54. The van der Waals surface area contributed by atoms with Crippen LogP contribution >= 0.6 is 23.2 Å².